The zero-order valence-corrected chi connectivity index (χ0v) is 18.7. The molecular formula is C26H29N3O3. The second kappa shape index (κ2) is 10.3. The Morgan fingerprint density at radius 2 is 1.84 bits per heavy atom. The van der Waals surface area contributed by atoms with Gasteiger partial charge < -0.3 is 14.2 Å². The van der Waals surface area contributed by atoms with Crippen molar-refractivity contribution in [2.75, 3.05) is 32.7 Å². The van der Waals surface area contributed by atoms with Gasteiger partial charge in [-0.3, -0.25) is 9.69 Å². The molecule has 1 saturated heterocycles. The van der Waals surface area contributed by atoms with Gasteiger partial charge in [-0.1, -0.05) is 53.7 Å². The standard InChI is InChI=1S/C26H29N3O3/c1-20-25(21(2)32-27-20)19-31-24-12-6-11-23(18-24)26(30)29-16-14-28(15-17-29)13-7-10-22-8-4-3-5-9-22/h3-12,18H,13-17,19H2,1-2H3. The maximum absolute atomic E-state index is 13.0. The molecule has 1 amide bonds. The molecule has 2 heterocycles. The summed E-state index contributed by atoms with van der Waals surface area (Å²) in [5.74, 6) is 1.47. The molecule has 32 heavy (non-hydrogen) atoms. The number of piperazine rings is 1. The topological polar surface area (TPSA) is 58.8 Å². The summed E-state index contributed by atoms with van der Waals surface area (Å²) in [6.07, 6.45) is 4.33. The number of nitrogens with zero attached hydrogens (tertiary/aromatic N) is 3. The van der Waals surface area contributed by atoms with Gasteiger partial charge in [-0.25, -0.2) is 0 Å². The highest BCUT2D eigenvalue weighted by Crippen LogP contribution is 2.20. The molecule has 166 valence electrons. The molecule has 0 unspecified atom stereocenters. The van der Waals surface area contributed by atoms with Crippen molar-refractivity contribution in [2.45, 2.75) is 20.5 Å². The zero-order chi connectivity index (χ0) is 22.3. The van der Waals surface area contributed by atoms with Crippen molar-refractivity contribution in [3.63, 3.8) is 0 Å². The molecule has 1 aliphatic rings. The molecule has 0 atom stereocenters. The highest BCUT2D eigenvalue weighted by atomic mass is 16.5. The van der Waals surface area contributed by atoms with Crippen LogP contribution >= 0.6 is 0 Å². The lowest BCUT2D eigenvalue weighted by Crippen LogP contribution is -2.48. The quantitative estimate of drug-likeness (QED) is 0.557. The van der Waals surface area contributed by atoms with Gasteiger partial charge in [-0.2, -0.15) is 0 Å². The summed E-state index contributed by atoms with van der Waals surface area (Å²) in [5, 5.41) is 3.95. The Labute approximate surface area is 189 Å². The van der Waals surface area contributed by atoms with Crippen LogP contribution in [-0.2, 0) is 6.61 Å². The van der Waals surface area contributed by atoms with Crippen molar-refractivity contribution in [1.82, 2.24) is 15.0 Å². The number of ether oxygens (including phenoxy) is 1. The van der Waals surface area contributed by atoms with Crippen LogP contribution in [-0.4, -0.2) is 53.6 Å². The van der Waals surface area contributed by atoms with Crippen LogP contribution in [0.25, 0.3) is 6.08 Å². The lowest BCUT2D eigenvalue weighted by Gasteiger charge is -2.34. The summed E-state index contributed by atoms with van der Waals surface area (Å²) >= 11 is 0. The van der Waals surface area contributed by atoms with E-state index < -0.39 is 0 Å². The first-order valence-electron chi connectivity index (χ1n) is 11.0. The molecule has 0 bridgehead atoms. The molecule has 4 rings (SSSR count). The third kappa shape index (κ3) is 5.45. The van der Waals surface area contributed by atoms with Gasteiger partial charge in [0.2, 0.25) is 0 Å². The van der Waals surface area contributed by atoms with Crippen LogP contribution in [0, 0.1) is 13.8 Å². The highest BCUT2D eigenvalue weighted by Gasteiger charge is 2.22. The van der Waals surface area contributed by atoms with E-state index in [0.717, 1.165) is 49.7 Å². The van der Waals surface area contributed by atoms with Gasteiger partial charge in [0, 0.05) is 38.3 Å². The van der Waals surface area contributed by atoms with E-state index in [4.69, 9.17) is 9.26 Å². The number of benzene rings is 2. The van der Waals surface area contributed by atoms with Crippen LogP contribution < -0.4 is 4.74 Å². The third-order valence-corrected chi connectivity index (χ3v) is 5.78. The Morgan fingerprint density at radius 3 is 2.56 bits per heavy atom. The fourth-order valence-electron chi connectivity index (χ4n) is 3.80. The molecule has 0 N–H and O–H groups in total. The minimum atomic E-state index is 0.0484. The number of hydrogen-bond acceptors (Lipinski definition) is 5. The van der Waals surface area contributed by atoms with Gasteiger partial charge in [0.25, 0.3) is 5.91 Å². The van der Waals surface area contributed by atoms with Crippen molar-refractivity contribution in [1.29, 1.82) is 0 Å². The summed E-state index contributed by atoms with van der Waals surface area (Å²) in [6, 6.07) is 17.7. The molecular weight excluding hydrogens is 402 g/mol. The number of carbonyl (C=O) groups excluding carboxylic acids is 1. The van der Waals surface area contributed by atoms with Gasteiger partial charge in [0.05, 0.1) is 11.3 Å². The zero-order valence-electron chi connectivity index (χ0n) is 18.7. The van der Waals surface area contributed by atoms with Gasteiger partial charge >= 0.3 is 0 Å². The molecule has 0 spiro atoms. The Morgan fingerprint density at radius 1 is 1.06 bits per heavy atom. The maximum atomic E-state index is 13.0. The second-order valence-corrected chi connectivity index (χ2v) is 8.03. The van der Waals surface area contributed by atoms with E-state index in [1.807, 2.05) is 61.2 Å². The third-order valence-electron chi connectivity index (χ3n) is 5.78. The molecule has 6 nitrogen and oxygen atoms in total. The van der Waals surface area contributed by atoms with E-state index in [0.29, 0.717) is 17.9 Å². The van der Waals surface area contributed by atoms with Gasteiger partial charge in [0.1, 0.15) is 18.1 Å². The van der Waals surface area contributed by atoms with Crippen LogP contribution in [0.1, 0.15) is 32.9 Å². The second-order valence-electron chi connectivity index (χ2n) is 8.03. The molecule has 2 aromatic carbocycles. The Balaban J connectivity index is 1.28. The molecule has 1 aliphatic heterocycles. The van der Waals surface area contributed by atoms with Crippen LogP contribution in [0.5, 0.6) is 5.75 Å². The molecule has 6 heteroatoms. The number of aromatic nitrogens is 1. The van der Waals surface area contributed by atoms with Crippen LogP contribution in [0.2, 0.25) is 0 Å². The fourth-order valence-corrected chi connectivity index (χ4v) is 3.80. The minimum absolute atomic E-state index is 0.0484. The van der Waals surface area contributed by atoms with E-state index >= 15 is 0 Å². The Kier molecular flexibility index (Phi) is 7.02. The van der Waals surface area contributed by atoms with E-state index in [1.54, 1.807) is 0 Å². The van der Waals surface area contributed by atoms with Gasteiger partial charge in [-0.15, -0.1) is 0 Å². The van der Waals surface area contributed by atoms with Gasteiger partial charge in [-0.05, 0) is 37.6 Å². The molecule has 3 aromatic rings. The van der Waals surface area contributed by atoms with E-state index in [2.05, 4.69) is 34.3 Å². The summed E-state index contributed by atoms with van der Waals surface area (Å²) in [5.41, 5.74) is 3.63. The van der Waals surface area contributed by atoms with Crippen LogP contribution in [0.4, 0.5) is 0 Å². The molecule has 1 aromatic heterocycles. The lowest BCUT2D eigenvalue weighted by molar-refractivity contribution is 0.0650. The first kappa shape index (κ1) is 21.8. The van der Waals surface area contributed by atoms with E-state index in [9.17, 15) is 4.79 Å². The number of rotatable bonds is 7. The molecule has 0 aliphatic carbocycles. The molecule has 0 saturated carbocycles. The minimum Gasteiger partial charge on any atom is -0.489 e. The predicted octanol–water partition coefficient (Wildman–Crippen LogP) is 4.34. The van der Waals surface area contributed by atoms with Crippen molar-refractivity contribution < 1.29 is 14.1 Å². The molecule has 0 radical (unpaired) electrons. The number of hydrogen-bond donors (Lipinski definition) is 0. The van der Waals surface area contributed by atoms with Crippen LogP contribution in [0.3, 0.4) is 0 Å². The monoisotopic (exact) mass is 431 g/mol. The van der Waals surface area contributed by atoms with Crippen molar-refractivity contribution in [3.05, 3.63) is 88.8 Å². The number of amides is 1. The largest absolute Gasteiger partial charge is 0.489 e. The summed E-state index contributed by atoms with van der Waals surface area (Å²) < 4.78 is 11.1. The predicted molar refractivity (Wildman–Crippen MR) is 125 cm³/mol. The normalized spacial score (nSPS) is 14.8. The summed E-state index contributed by atoms with van der Waals surface area (Å²) in [4.78, 5) is 17.3. The van der Waals surface area contributed by atoms with Crippen LogP contribution in [0.15, 0.2) is 65.2 Å². The van der Waals surface area contributed by atoms with Crippen molar-refractivity contribution in [3.8, 4) is 5.75 Å². The van der Waals surface area contributed by atoms with Crippen molar-refractivity contribution in [2.24, 2.45) is 0 Å². The maximum Gasteiger partial charge on any atom is 0.254 e. The Bertz CT molecular complexity index is 1050. The SMILES string of the molecule is Cc1noc(C)c1COc1cccc(C(=O)N2CCN(CC=Cc3ccccc3)CC2)c1. The molecule has 1 fully saturated rings. The number of aryl methyl sites for hydroxylation is 2. The lowest BCUT2D eigenvalue weighted by atomic mass is 10.1. The summed E-state index contributed by atoms with van der Waals surface area (Å²) in [7, 11) is 0. The van der Waals surface area contributed by atoms with E-state index in [-0.39, 0.29) is 5.91 Å². The van der Waals surface area contributed by atoms with Crippen molar-refractivity contribution >= 4 is 12.0 Å². The average molecular weight is 432 g/mol. The van der Waals surface area contributed by atoms with E-state index in [1.165, 1.54) is 5.56 Å². The first-order chi connectivity index (χ1) is 15.6. The average Bonchev–Trinajstić information content (AvgIpc) is 3.15. The highest BCUT2D eigenvalue weighted by molar-refractivity contribution is 5.94. The number of carbonyl (C=O) groups is 1. The van der Waals surface area contributed by atoms with Gasteiger partial charge in [0.15, 0.2) is 0 Å². The summed E-state index contributed by atoms with van der Waals surface area (Å²) in [6.45, 7) is 8.21. The fraction of sp³-hybridized carbons (Fsp3) is 0.308. The smallest absolute Gasteiger partial charge is 0.254 e. The first-order valence-corrected chi connectivity index (χ1v) is 11.0. The Hall–Kier alpha value is -3.38.